The van der Waals surface area contributed by atoms with E-state index in [1.807, 2.05) is 30.3 Å². The Morgan fingerprint density at radius 3 is 2.76 bits per heavy atom. The molecule has 0 spiro atoms. The number of aromatic amines is 1. The minimum absolute atomic E-state index is 0.170. The van der Waals surface area contributed by atoms with Crippen LogP contribution in [0.5, 0.6) is 0 Å². The van der Waals surface area contributed by atoms with E-state index in [1.54, 1.807) is 13.0 Å². The number of hydrogen-bond acceptors (Lipinski definition) is 3. The third-order valence-corrected chi connectivity index (χ3v) is 2.47. The van der Waals surface area contributed by atoms with E-state index in [4.69, 9.17) is 5.84 Å². The first-order chi connectivity index (χ1) is 8.22. The van der Waals surface area contributed by atoms with Crippen LogP contribution < -0.4 is 10.9 Å². The van der Waals surface area contributed by atoms with Crippen molar-refractivity contribution in [3.63, 3.8) is 0 Å². The first kappa shape index (κ1) is 11.3. The Bertz CT molecular complexity index is 506. The van der Waals surface area contributed by atoms with E-state index in [2.05, 4.69) is 10.2 Å². The largest absolute Gasteiger partial charge is 0.276 e. The summed E-state index contributed by atoms with van der Waals surface area (Å²) in [7, 11) is 0. The summed E-state index contributed by atoms with van der Waals surface area (Å²) < 4.78 is 0. The molecule has 1 heterocycles. The summed E-state index contributed by atoms with van der Waals surface area (Å²) in [6.45, 7) is 1.76. The zero-order valence-electron chi connectivity index (χ0n) is 9.55. The second-order valence-electron chi connectivity index (χ2n) is 3.62. The summed E-state index contributed by atoms with van der Waals surface area (Å²) in [6, 6.07) is 11.5. The molecule has 2 rings (SSSR count). The Hall–Kier alpha value is -2.14. The molecule has 17 heavy (non-hydrogen) atoms. The van der Waals surface area contributed by atoms with Gasteiger partial charge in [0.25, 0.3) is 0 Å². The van der Waals surface area contributed by atoms with Gasteiger partial charge in [-0.1, -0.05) is 37.3 Å². The fourth-order valence-electron chi connectivity index (χ4n) is 1.50. The molecule has 0 atom stereocenters. The topological polar surface area (TPSA) is 75.0 Å². The maximum absolute atomic E-state index is 11.4. The van der Waals surface area contributed by atoms with E-state index in [0.29, 0.717) is 12.2 Å². The van der Waals surface area contributed by atoms with Gasteiger partial charge < -0.3 is 0 Å². The Morgan fingerprint density at radius 2 is 2.12 bits per heavy atom. The Kier molecular flexibility index (Phi) is 3.20. The lowest BCUT2D eigenvalue weighted by molar-refractivity contribution is -0.118. The Morgan fingerprint density at radius 1 is 1.41 bits per heavy atom. The van der Waals surface area contributed by atoms with Crippen molar-refractivity contribution in [2.45, 2.75) is 13.3 Å². The van der Waals surface area contributed by atoms with Crippen LogP contribution in [0.4, 0.5) is 5.82 Å². The number of anilines is 1. The molecule has 0 fully saturated rings. The predicted octanol–water partition coefficient (Wildman–Crippen LogP) is 1.69. The van der Waals surface area contributed by atoms with Crippen molar-refractivity contribution >= 4 is 11.7 Å². The minimum Gasteiger partial charge on any atom is -0.276 e. The highest BCUT2D eigenvalue weighted by atomic mass is 16.2. The number of nitrogens with one attached hydrogen (secondary N) is 1. The van der Waals surface area contributed by atoms with Gasteiger partial charge in [-0.2, -0.15) is 5.10 Å². The number of rotatable bonds is 3. The summed E-state index contributed by atoms with van der Waals surface area (Å²) >= 11 is 0. The summed E-state index contributed by atoms with van der Waals surface area (Å²) in [6.07, 6.45) is 0.351. The standard InChI is InChI=1S/C12H14N4O/c1-2-12(17)16(13)11-8-10(14-15-11)9-6-4-3-5-7-9/h3-8H,2,13H2,1H3,(H,14,15). The van der Waals surface area contributed by atoms with E-state index in [0.717, 1.165) is 16.3 Å². The lowest BCUT2D eigenvalue weighted by atomic mass is 10.1. The summed E-state index contributed by atoms with van der Waals surface area (Å²) in [5.74, 6) is 5.90. The smallest absolute Gasteiger partial charge is 0.242 e. The van der Waals surface area contributed by atoms with Gasteiger partial charge in [-0.3, -0.25) is 9.89 Å². The monoisotopic (exact) mass is 230 g/mol. The van der Waals surface area contributed by atoms with Gasteiger partial charge in [0.2, 0.25) is 5.91 Å². The number of hydrogen-bond donors (Lipinski definition) is 2. The van der Waals surface area contributed by atoms with Crippen molar-refractivity contribution in [3.05, 3.63) is 36.4 Å². The van der Waals surface area contributed by atoms with Gasteiger partial charge in [0.1, 0.15) is 0 Å². The first-order valence-corrected chi connectivity index (χ1v) is 5.41. The Labute approximate surface area is 99.2 Å². The minimum atomic E-state index is -0.170. The molecule has 5 heteroatoms. The molecule has 5 nitrogen and oxygen atoms in total. The van der Waals surface area contributed by atoms with Crippen molar-refractivity contribution < 1.29 is 4.79 Å². The number of aromatic nitrogens is 2. The van der Waals surface area contributed by atoms with Crippen LogP contribution in [0.2, 0.25) is 0 Å². The third kappa shape index (κ3) is 2.34. The van der Waals surface area contributed by atoms with E-state index < -0.39 is 0 Å². The predicted molar refractivity (Wildman–Crippen MR) is 66.0 cm³/mol. The van der Waals surface area contributed by atoms with Gasteiger partial charge in [-0.25, -0.2) is 10.9 Å². The van der Waals surface area contributed by atoms with Crippen molar-refractivity contribution in [1.82, 2.24) is 10.2 Å². The Balaban J connectivity index is 2.25. The maximum Gasteiger partial charge on any atom is 0.242 e. The van der Waals surface area contributed by atoms with Crippen molar-refractivity contribution in [2.24, 2.45) is 5.84 Å². The lowest BCUT2D eigenvalue weighted by Crippen LogP contribution is -2.37. The second-order valence-corrected chi connectivity index (χ2v) is 3.62. The average Bonchev–Trinajstić information content (AvgIpc) is 2.87. The van der Waals surface area contributed by atoms with Crippen LogP contribution in [0.3, 0.4) is 0 Å². The molecule has 2 aromatic rings. The lowest BCUT2D eigenvalue weighted by Gasteiger charge is -2.10. The molecule has 3 N–H and O–H groups in total. The van der Waals surface area contributed by atoms with E-state index in [1.165, 1.54) is 0 Å². The summed E-state index contributed by atoms with van der Waals surface area (Å²) in [4.78, 5) is 11.4. The van der Waals surface area contributed by atoms with Crippen molar-refractivity contribution in [1.29, 1.82) is 0 Å². The fraction of sp³-hybridized carbons (Fsp3) is 0.167. The van der Waals surface area contributed by atoms with Gasteiger partial charge in [0.05, 0.1) is 5.69 Å². The SMILES string of the molecule is CCC(=O)N(N)c1cc(-c2ccccc2)[nH]n1. The molecule has 1 aromatic carbocycles. The average molecular weight is 230 g/mol. The fourth-order valence-corrected chi connectivity index (χ4v) is 1.50. The van der Waals surface area contributed by atoms with Crippen molar-refractivity contribution in [2.75, 3.05) is 5.01 Å². The molecule has 0 aliphatic carbocycles. The molecule has 0 saturated carbocycles. The van der Waals surface area contributed by atoms with Crippen LogP contribution in [0.1, 0.15) is 13.3 Å². The number of nitrogens with two attached hydrogens (primary N) is 1. The van der Waals surface area contributed by atoms with Gasteiger partial charge in [0.15, 0.2) is 5.82 Å². The molecular formula is C12H14N4O. The molecule has 0 aliphatic rings. The van der Waals surface area contributed by atoms with Gasteiger partial charge in [-0.15, -0.1) is 0 Å². The highest BCUT2D eigenvalue weighted by Crippen LogP contribution is 2.20. The molecular weight excluding hydrogens is 216 g/mol. The zero-order chi connectivity index (χ0) is 12.3. The van der Waals surface area contributed by atoms with Gasteiger partial charge >= 0.3 is 0 Å². The highest BCUT2D eigenvalue weighted by Gasteiger charge is 2.13. The number of H-pyrrole nitrogens is 1. The van der Waals surface area contributed by atoms with Crippen LogP contribution in [-0.4, -0.2) is 16.1 Å². The summed E-state index contributed by atoms with van der Waals surface area (Å²) in [5.41, 5.74) is 1.84. The number of nitrogens with zero attached hydrogens (tertiary/aromatic N) is 2. The van der Waals surface area contributed by atoms with Gasteiger partial charge in [-0.05, 0) is 5.56 Å². The van der Waals surface area contributed by atoms with E-state index in [9.17, 15) is 4.79 Å². The van der Waals surface area contributed by atoms with Crippen molar-refractivity contribution in [3.8, 4) is 11.3 Å². The normalized spacial score (nSPS) is 10.2. The quantitative estimate of drug-likeness (QED) is 0.478. The number of benzene rings is 1. The van der Waals surface area contributed by atoms with Crippen LogP contribution in [0, 0.1) is 0 Å². The second kappa shape index (κ2) is 4.80. The molecule has 1 aromatic heterocycles. The first-order valence-electron chi connectivity index (χ1n) is 5.41. The maximum atomic E-state index is 11.4. The molecule has 88 valence electrons. The number of amides is 1. The molecule has 0 saturated heterocycles. The molecule has 0 bridgehead atoms. The third-order valence-electron chi connectivity index (χ3n) is 2.47. The van der Waals surface area contributed by atoms with Crippen LogP contribution >= 0.6 is 0 Å². The van der Waals surface area contributed by atoms with Crippen LogP contribution in [0.25, 0.3) is 11.3 Å². The zero-order valence-corrected chi connectivity index (χ0v) is 9.55. The molecule has 0 radical (unpaired) electrons. The molecule has 0 unspecified atom stereocenters. The number of carbonyl (C=O) groups is 1. The van der Waals surface area contributed by atoms with E-state index in [-0.39, 0.29) is 5.91 Å². The van der Waals surface area contributed by atoms with E-state index >= 15 is 0 Å². The van der Waals surface area contributed by atoms with Gasteiger partial charge in [0, 0.05) is 12.5 Å². The number of carbonyl (C=O) groups excluding carboxylic acids is 1. The molecule has 0 aliphatic heterocycles. The summed E-state index contributed by atoms with van der Waals surface area (Å²) in [5, 5.41) is 7.93. The number of hydrazine groups is 1. The highest BCUT2D eigenvalue weighted by molar-refractivity contribution is 5.91. The molecule has 1 amide bonds. The van der Waals surface area contributed by atoms with Crippen LogP contribution in [-0.2, 0) is 4.79 Å². The van der Waals surface area contributed by atoms with Crippen LogP contribution in [0.15, 0.2) is 36.4 Å².